The van der Waals surface area contributed by atoms with Gasteiger partial charge in [0.15, 0.2) is 23.8 Å². The second kappa shape index (κ2) is 44.7. The summed E-state index contributed by atoms with van der Waals surface area (Å²) in [5.41, 5.74) is 6.36. The molecule has 21 heteroatoms. The highest BCUT2D eigenvalue weighted by Gasteiger charge is 2.33. The van der Waals surface area contributed by atoms with Crippen LogP contribution in [0.25, 0.3) is 0 Å². The Hall–Kier alpha value is -9.86. The van der Waals surface area contributed by atoms with Crippen molar-refractivity contribution in [1.29, 1.82) is 0 Å². The van der Waals surface area contributed by atoms with Gasteiger partial charge in [0.05, 0.1) is 89.1 Å². The van der Waals surface area contributed by atoms with Crippen molar-refractivity contribution in [2.75, 3.05) is 66.6 Å². The van der Waals surface area contributed by atoms with Crippen LogP contribution in [0.5, 0.6) is 23.0 Å². The molecule has 0 spiro atoms. The van der Waals surface area contributed by atoms with Crippen molar-refractivity contribution in [2.24, 2.45) is 9.98 Å². The number of carbonyl (C=O) groups excluding carboxylic acids is 6. The molecule has 0 aromatic heterocycles. The minimum atomic E-state index is -1.34. The van der Waals surface area contributed by atoms with Gasteiger partial charge < -0.3 is 52.1 Å². The van der Waals surface area contributed by atoms with Gasteiger partial charge in [0, 0.05) is 24.6 Å². The summed E-state index contributed by atoms with van der Waals surface area (Å²) in [6, 6.07) is 39.9. The van der Waals surface area contributed by atoms with Gasteiger partial charge in [-0.1, -0.05) is 92.1 Å². The van der Waals surface area contributed by atoms with Crippen LogP contribution in [0.3, 0.4) is 0 Å². The van der Waals surface area contributed by atoms with Crippen molar-refractivity contribution < 1.29 is 89.7 Å². The Morgan fingerprint density at radius 1 is 0.490 bits per heavy atom. The fourth-order valence-electron chi connectivity index (χ4n) is 8.20. The Bertz CT molecular complexity index is 3410. The van der Waals surface area contributed by atoms with Crippen LogP contribution in [0.2, 0.25) is 0 Å². The fraction of sp³-hybridized carbons (Fsp3) is 0.360. The molecule has 2 aliphatic rings. The van der Waals surface area contributed by atoms with Gasteiger partial charge >= 0.3 is 35.8 Å². The average molecular weight is 1330 g/mol. The Kier molecular flexibility index (Phi) is 35.8. The van der Waals surface area contributed by atoms with Crippen LogP contribution < -0.4 is 18.9 Å². The summed E-state index contributed by atoms with van der Waals surface area (Å²) in [7, 11) is 1.39. The lowest BCUT2D eigenvalue weighted by Gasteiger charge is -2.10. The van der Waals surface area contributed by atoms with E-state index < -0.39 is 35.2 Å². The van der Waals surface area contributed by atoms with E-state index in [0.29, 0.717) is 64.7 Å². The predicted octanol–water partition coefficient (Wildman–Crippen LogP) is 14.4. The largest absolute Gasteiger partial charge is 0.494 e. The molecular weight excluding hydrogens is 1240 g/mol. The summed E-state index contributed by atoms with van der Waals surface area (Å²) in [6.45, 7) is 16.1. The first kappa shape index (κ1) is 76.8. The summed E-state index contributed by atoms with van der Waals surface area (Å²) in [5, 5.41) is 0. The molecule has 2 saturated heterocycles. The van der Waals surface area contributed by atoms with Crippen molar-refractivity contribution in [3.05, 3.63) is 204 Å². The fourth-order valence-corrected chi connectivity index (χ4v) is 8.20. The summed E-state index contributed by atoms with van der Waals surface area (Å²) in [5.74, 6) is -3.74. The molecular formula is C75H86F2N2O17. The van der Waals surface area contributed by atoms with Gasteiger partial charge in [-0.25, -0.2) is 33.2 Å². The number of ether oxygens (including phenoxy) is 11. The molecule has 0 aliphatic carbocycles. The minimum absolute atomic E-state index is 0.0982. The van der Waals surface area contributed by atoms with Crippen LogP contribution in [0.1, 0.15) is 121 Å². The van der Waals surface area contributed by atoms with E-state index in [9.17, 15) is 37.5 Å². The molecule has 0 saturated carbocycles. The van der Waals surface area contributed by atoms with Crippen LogP contribution in [-0.2, 0) is 58.8 Å². The van der Waals surface area contributed by atoms with Gasteiger partial charge in [0.1, 0.15) is 17.2 Å². The molecule has 6 aromatic rings. The molecule has 6 aromatic carbocycles. The number of hydrogen-bond donors (Lipinski definition) is 0. The zero-order valence-corrected chi connectivity index (χ0v) is 55.0. The molecule has 2 atom stereocenters. The zero-order valence-electron chi connectivity index (χ0n) is 55.0. The quantitative estimate of drug-likeness (QED) is 0.00676. The van der Waals surface area contributed by atoms with E-state index in [1.807, 2.05) is 92.9 Å². The van der Waals surface area contributed by atoms with Gasteiger partial charge in [-0.3, -0.25) is 9.98 Å². The summed E-state index contributed by atoms with van der Waals surface area (Å²) >= 11 is 0. The highest BCUT2D eigenvalue weighted by atomic mass is 19.2. The number of nitrogens with zero attached hydrogens (tertiary/aromatic N) is 2. The second-order valence-electron chi connectivity index (χ2n) is 21.6. The summed E-state index contributed by atoms with van der Waals surface area (Å²) < 4.78 is 84.1. The van der Waals surface area contributed by atoms with Crippen molar-refractivity contribution in [2.45, 2.75) is 110 Å². The molecule has 96 heavy (non-hydrogen) atoms. The number of benzene rings is 6. The van der Waals surface area contributed by atoms with Crippen LogP contribution >= 0.6 is 0 Å². The number of methoxy groups -OCH3 is 1. The van der Waals surface area contributed by atoms with Crippen LogP contribution in [-0.4, -0.2) is 127 Å². The van der Waals surface area contributed by atoms with E-state index in [1.165, 1.54) is 30.4 Å². The number of epoxide rings is 2. The number of halogens is 2. The monoisotopic (exact) mass is 1320 g/mol. The molecule has 2 heterocycles. The first-order chi connectivity index (χ1) is 46.6. The smallest absolute Gasteiger partial charge is 0.346 e. The van der Waals surface area contributed by atoms with E-state index in [2.05, 4.69) is 46.9 Å². The van der Waals surface area contributed by atoms with Crippen molar-refractivity contribution in [1.82, 2.24) is 0 Å². The summed E-state index contributed by atoms with van der Waals surface area (Å²) in [6.07, 6.45) is 15.7. The van der Waals surface area contributed by atoms with E-state index in [4.69, 9.17) is 47.4 Å². The third-order valence-corrected chi connectivity index (χ3v) is 13.8. The van der Waals surface area contributed by atoms with Crippen LogP contribution in [0.4, 0.5) is 20.2 Å². The number of aliphatic imine (C=N–C) groups is 2. The lowest BCUT2D eigenvalue weighted by atomic mass is 10.0. The molecule has 512 valence electrons. The van der Waals surface area contributed by atoms with Crippen molar-refractivity contribution in [3.63, 3.8) is 0 Å². The molecule has 19 nitrogen and oxygen atoms in total. The van der Waals surface area contributed by atoms with Gasteiger partial charge in [-0.2, -0.15) is 4.39 Å². The molecule has 0 N–H and O–H groups in total. The van der Waals surface area contributed by atoms with E-state index >= 15 is 0 Å². The number of rotatable bonds is 36. The normalized spacial score (nSPS) is 13.1. The standard InChI is InChI=1S/C21H20F2O6.C21H23NO3.C18H24O5.C15H19NO3/c1-13-4-6-14(7-5-13)29-20(24)15-8-9-16(19(23)18(15)22)26-10-2-3-11-27-21(25)17-12-28-17;1-3-21(23)25-15-5-4-14-24-20-12-10-19(11-13-20)22-16-18-8-6-17(2)7-9-18;1-21-17(19)15-10-8-14(9-11-15)7-5-3-2-4-6-12-22-18(20)16-13-23-16;1-3-15(17)19-12-6-5-11-18-14-9-7-13(8-10-14)16-4-2/h4-9,17H,2-3,10-12H2,1H3;3,6-13,16H,1,4-5,14-15H2,2H3;8-11,16H,2-7,12-13H2,1H3;3-4,7-10H,1,5-6,11-12H2,2H3. The predicted molar refractivity (Wildman–Crippen MR) is 360 cm³/mol. The molecule has 2 unspecified atom stereocenters. The Morgan fingerprint density at radius 3 is 1.42 bits per heavy atom. The maximum absolute atomic E-state index is 14.3. The molecule has 0 bridgehead atoms. The Morgan fingerprint density at radius 2 is 0.927 bits per heavy atom. The second-order valence-corrected chi connectivity index (χ2v) is 21.6. The number of carbonyl (C=O) groups is 6. The lowest BCUT2D eigenvalue weighted by molar-refractivity contribution is -0.146. The van der Waals surface area contributed by atoms with Crippen molar-refractivity contribution in [3.8, 4) is 23.0 Å². The highest BCUT2D eigenvalue weighted by Crippen LogP contribution is 2.26. The van der Waals surface area contributed by atoms with E-state index in [-0.39, 0.29) is 54.7 Å². The molecule has 2 aliphatic heterocycles. The lowest BCUT2D eigenvalue weighted by Crippen LogP contribution is -2.13. The number of esters is 6. The summed E-state index contributed by atoms with van der Waals surface area (Å²) in [4.78, 5) is 76.1. The van der Waals surface area contributed by atoms with Gasteiger partial charge in [-0.05, 0) is 175 Å². The third kappa shape index (κ3) is 31.8. The maximum Gasteiger partial charge on any atom is 0.346 e. The van der Waals surface area contributed by atoms with Crippen LogP contribution in [0, 0.1) is 25.5 Å². The number of hydrogen-bond acceptors (Lipinski definition) is 19. The average Bonchev–Trinajstić information content (AvgIpc) is 1.24. The molecule has 0 radical (unpaired) electrons. The molecule has 2 fully saturated rings. The Balaban J connectivity index is 0.000000234. The number of unbranched alkanes of at least 4 members (excludes halogenated alkanes) is 7. The first-order valence-electron chi connectivity index (χ1n) is 31.9. The molecule has 0 amide bonds. The van der Waals surface area contributed by atoms with E-state index in [1.54, 1.807) is 42.6 Å². The molecule has 8 rings (SSSR count). The van der Waals surface area contributed by atoms with Gasteiger partial charge in [0.2, 0.25) is 5.82 Å². The first-order valence-corrected chi connectivity index (χ1v) is 31.9. The maximum atomic E-state index is 14.3. The minimum Gasteiger partial charge on any atom is -0.494 e. The topological polar surface area (TPSA) is 235 Å². The van der Waals surface area contributed by atoms with Gasteiger partial charge in [-0.15, -0.1) is 0 Å². The van der Waals surface area contributed by atoms with Crippen molar-refractivity contribution >= 4 is 59.6 Å². The highest BCUT2D eigenvalue weighted by molar-refractivity contribution is 5.92. The zero-order chi connectivity index (χ0) is 69.1. The number of aryl methyl sites for hydroxylation is 3. The van der Waals surface area contributed by atoms with E-state index in [0.717, 1.165) is 110 Å². The van der Waals surface area contributed by atoms with Crippen LogP contribution in [0.15, 0.2) is 169 Å². The third-order valence-electron chi connectivity index (χ3n) is 13.8. The van der Waals surface area contributed by atoms with Gasteiger partial charge in [0.25, 0.3) is 0 Å². The Labute approximate surface area is 560 Å². The SMILES string of the molecule is C=CC(=O)OCCCCOc1ccc(N=CC)cc1.C=CC(=O)OCCCCOc1ccc(N=Cc2ccc(C)cc2)cc1.COC(=O)c1ccc(CCCCCCCOC(=O)C2CO2)cc1.Cc1ccc(OC(=O)c2ccc(OCCCCOC(=O)C3CO3)c(F)c2F)cc1.